The lowest BCUT2D eigenvalue weighted by molar-refractivity contribution is -0.206. The number of esters is 1. The molecule has 2 atom stereocenters. The van der Waals surface area contributed by atoms with Gasteiger partial charge in [0, 0.05) is 6.07 Å². The van der Waals surface area contributed by atoms with Crippen molar-refractivity contribution >= 4 is 5.97 Å². The van der Waals surface area contributed by atoms with Gasteiger partial charge in [-0.25, -0.2) is 4.79 Å². The fourth-order valence-electron chi connectivity index (χ4n) is 2.22. The summed E-state index contributed by atoms with van der Waals surface area (Å²) < 4.78 is 4.76. The van der Waals surface area contributed by atoms with E-state index < -0.39 is 30.0 Å². The number of phenolic OH excluding ortho intramolecular Hbond substituents is 2. The van der Waals surface area contributed by atoms with Gasteiger partial charge in [-0.05, 0) is 18.1 Å². The molecule has 0 amide bonds. The van der Waals surface area contributed by atoms with Gasteiger partial charge in [-0.1, -0.05) is 6.92 Å². The van der Waals surface area contributed by atoms with Crippen molar-refractivity contribution in [2.45, 2.75) is 25.6 Å². The van der Waals surface area contributed by atoms with Crippen LogP contribution in [0.1, 0.15) is 34.3 Å². The molecule has 6 heteroatoms. The average Bonchev–Trinajstić information content (AvgIpc) is 2.30. The monoisotopic (exact) mass is 254 g/mol. The summed E-state index contributed by atoms with van der Waals surface area (Å²) >= 11 is 0. The van der Waals surface area contributed by atoms with Crippen LogP contribution in [0.2, 0.25) is 0 Å². The molecule has 0 saturated heterocycles. The maximum atomic E-state index is 11.8. The summed E-state index contributed by atoms with van der Waals surface area (Å²) in [6.07, 6.45) is 0. The highest BCUT2D eigenvalue weighted by molar-refractivity contribution is 5.96. The van der Waals surface area contributed by atoms with E-state index in [4.69, 9.17) is 9.84 Å². The molecule has 1 aliphatic heterocycles. The van der Waals surface area contributed by atoms with Crippen LogP contribution in [-0.2, 0) is 4.74 Å². The zero-order valence-electron chi connectivity index (χ0n) is 9.97. The predicted molar refractivity (Wildman–Crippen MR) is 60.4 cm³/mol. The van der Waals surface area contributed by atoms with E-state index in [2.05, 4.69) is 0 Å². The Morgan fingerprint density at radius 2 is 2.00 bits per heavy atom. The van der Waals surface area contributed by atoms with Crippen LogP contribution in [-0.4, -0.2) is 38.8 Å². The molecule has 0 bridgehead atoms. The van der Waals surface area contributed by atoms with Crippen molar-refractivity contribution in [3.8, 4) is 11.5 Å². The molecular formula is C12H14O6. The van der Waals surface area contributed by atoms with Crippen molar-refractivity contribution < 1.29 is 30.0 Å². The Kier molecular flexibility index (Phi) is 2.71. The van der Waals surface area contributed by atoms with E-state index in [1.54, 1.807) is 6.92 Å². The minimum atomic E-state index is -2.05. The van der Waals surface area contributed by atoms with Crippen LogP contribution in [0.4, 0.5) is 0 Å². The number of aliphatic hydroxyl groups is 2. The van der Waals surface area contributed by atoms with Crippen molar-refractivity contribution in [1.29, 1.82) is 0 Å². The first kappa shape index (κ1) is 12.7. The van der Waals surface area contributed by atoms with E-state index >= 15 is 0 Å². The van der Waals surface area contributed by atoms with E-state index in [-0.39, 0.29) is 16.9 Å². The van der Waals surface area contributed by atoms with Crippen LogP contribution in [0.5, 0.6) is 11.5 Å². The van der Waals surface area contributed by atoms with E-state index in [0.717, 1.165) is 6.07 Å². The molecule has 18 heavy (non-hydrogen) atoms. The highest BCUT2D eigenvalue weighted by Crippen LogP contribution is 2.44. The van der Waals surface area contributed by atoms with Gasteiger partial charge in [-0.2, -0.15) is 0 Å². The molecule has 1 aliphatic rings. The van der Waals surface area contributed by atoms with Crippen molar-refractivity contribution in [2.75, 3.05) is 6.61 Å². The summed E-state index contributed by atoms with van der Waals surface area (Å²) in [5, 5.41) is 38.5. The Hall–Kier alpha value is -1.79. The minimum Gasteiger partial charge on any atom is -0.508 e. The number of ether oxygens (including phenoxy) is 1. The summed E-state index contributed by atoms with van der Waals surface area (Å²) in [7, 11) is 0. The van der Waals surface area contributed by atoms with Gasteiger partial charge in [0.05, 0.1) is 5.92 Å². The standard InChI is InChI=1S/C12H14O6/c1-5-7(14)3-8(15)10-9(5)6(2)12(17,4-13)18-11(10)16/h3,6,13-15,17H,4H2,1-2H3/t6-,12-/m0/s1. The first-order chi connectivity index (χ1) is 8.31. The Bertz CT molecular complexity index is 524. The van der Waals surface area contributed by atoms with Crippen LogP contribution >= 0.6 is 0 Å². The van der Waals surface area contributed by atoms with E-state index in [1.807, 2.05) is 0 Å². The van der Waals surface area contributed by atoms with Gasteiger partial charge in [-0.3, -0.25) is 0 Å². The van der Waals surface area contributed by atoms with Crippen LogP contribution in [0, 0.1) is 6.92 Å². The molecule has 0 aliphatic carbocycles. The van der Waals surface area contributed by atoms with Gasteiger partial charge < -0.3 is 25.2 Å². The number of carbonyl (C=O) groups excluding carboxylic acids is 1. The van der Waals surface area contributed by atoms with Crippen LogP contribution in [0.15, 0.2) is 6.07 Å². The third kappa shape index (κ3) is 1.53. The van der Waals surface area contributed by atoms with Gasteiger partial charge in [0.1, 0.15) is 23.7 Å². The molecule has 1 aromatic rings. The Morgan fingerprint density at radius 3 is 2.56 bits per heavy atom. The lowest BCUT2D eigenvalue weighted by Crippen LogP contribution is -2.47. The Balaban J connectivity index is 2.75. The molecule has 0 aromatic heterocycles. The topological polar surface area (TPSA) is 107 Å². The number of cyclic esters (lactones) is 1. The first-order valence-electron chi connectivity index (χ1n) is 5.44. The SMILES string of the molecule is Cc1c(O)cc(O)c2c1[C@H](C)[C@](O)(CO)OC2=O. The van der Waals surface area contributed by atoms with Crippen molar-refractivity contribution in [2.24, 2.45) is 0 Å². The van der Waals surface area contributed by atoms with Gasteiger partial charge >= 0.3 is 5.97 Å². The second-order valence-electron chi connectivity index (χ2n) is 4.44. The number of phenols is 2. The molecule has 1 heterocycles. The molecule has 0 spiro atoms. The van der Waals surface area contributed by atoms with E-state index in [1.165, 1.54) is 6.92 Å². The van der Waals surface area contributed by atoms with Crippen molar-refractivity contribution in [1.82, 2.24) is 0 Å². The number of hydrogen-bond acceptors (Lipinski definition) is 6. The number of carbonyl (C=O) groups is 1. The average molecular weight is 254 g/mol. The zero-order valence-corrected chi connectivity index (χ0v) is 9.97. The number of hydrogen-bond donors (Lipinski definition) is 4. The summed E-state index contributed by atoms with van der Waals surface area (Å²) in [5.41, 5.74) is 0.551. The molecule has 98 valence electrons. The first-order valence-corrected chi connectivity index (χ1v) is 5.44. The molecule has 1 aromatic carbocycles. The summed E-state index contributed by atoms with van der Waals surface area (Å²) in [5.74, 6) is -4.35. The van der Waals surface area contributed by atoms with Crippen LogP contribution < -0.4 is 0 Å². The van der Waals surface area contributed by atoms with Crippen molar-refractivity contribution in [3.05, 3.63) is 22.8 Å². The molecule has 0 unspecified atom stereocenters. The fourth-order valence-corrected chi connectivity index (χ4v) is 2.22. The molecule has 0 saturated carbocycles. The minimum absolute atomic E-state index is 0.0871. The van der Waals surface area contributed by atoms with E-state index in [0.29, 0.717) is 5.56 Å². The van der Waals surface area contributed by atoms with Crippen LogP contribution in [0.3, 0.4) is 0 Å². The number of aliphatic hydroxyl groups excluding tert-OH is 1. The van der Waals surface area contributed by atoms with Gasteiger partial charge in [0.15, 0.2) is 0 Å². The Labute approximate surface area is 103 Å². The van der Waals surface area contributed by atoms with Gasteiger partial charge in [-0.15, -0.1) is 0 Å². The second-order valence-corrected chi connectivity index (χ2v) is 4.44. The zero-order chi connectivity index (χ0) is 13.7. The summed E-state index contributed by atoms with van der Waals surface area (Å²) in [6, 6.07) is 1.05. The van der Waals surface area contributed by atoms with Crippen molar-refractivity contribution in [3.63, 3.8) is 0 Å². The fraction of sp³-hybridized carbons (Fsp3) is 0.417. The molecule has 4 N–H and O–H groups in total. The molecule has 6 nitrogen and oxygen atoms in total. The second kappa shape index (κ2) is 3.86. The Morgan fingerprint density at radius 1 is 1.39 bits per heavy atom. The third-order valence-corrected chi connectivity index (χ3v) is 3.40. The normalized spacial score (nSPS) is 26.7. The highest BCUT2D eigenvalue weighted by atomic mass is 16.7. The molecular weight excluding hydrogens is 240 g/mol. The number of fused-ring (bicyclic) bond motifs is 1. The third-order valence-electron chi connectivity index (χ3n) is 3.40. The smallest absolute Gasteiger partial charge is 0.344 e. The largest absolute Gasteiger partial charge is 0.508 e. The molecule has 0 radical (unpaired) electrons. The van der Waals surface area contributed by atoms with Gasteiger partial charge in [0.2, 0.25) is 5.79 Å². The number of benzene rings is 1. The van der Waals surface area contributed by atoms with E-state index in [9.17, 15) is 20.1 Å². The maximum Gasteiger partial charge on any atom is 0.344 e. The number of aromatic hydroxyl groups is 2. The lowest BCUT2D eigenvalue weighted by atomic mass is 9.83. The lowest BCUT2D eigenvalue weighted by Gasteiger charge is -2.37. The summed E-state index contributed by atoms with van der Waals surface area (Å²) in [4.78, 5) is 11.8. The molecule has 0 fully saturated rings. The quantitative estimate of drug-likeness (QED) is 0.539. The molecule has 2 rings (SSSR count). The maximum absolute atomic E-state index is 11.8. The predicted octanol–water partition coefficient (Wildman–Crippen LogP) is 0.361. The van der Waals surface area contributed by atoms with Crippen LogP contribution in [0.25, 0.3) is 0 Å². The highest BCUT2D eigenvalue weighted by Gasteiger charge is 2.47. The van der Waals surface area contributed by atoms with Gasteiger partial charge in [0.25, 0.3) is 0 Å². The number of rotatable bonds is 1. The summed E-state index contributed by atoms with van der Waals surface area (Å²) in [6.45, 7) is 2.32.